The van der Waals surface area contributed by atoms with Gasteiger partial charge in [0.15, 0.2) is 12.4 Å². The van der Waals surface area contributed by atoms with Gasteiger partial charge in [-0.2, -0.15) is 0 Å². The Morgan fingerprint density at radius 1 is 1.53 bits per heavy atom. The molecule has 4 nitrogen and oxygen atoms in total. The van der Waals surface area contributed by atoms with Crippen LogP contribution in [-0.4, -0.2) is 30.1 Å². The minimum absolute atomic E-state index is 0.393. The topological polar surface area (TPSA) is 55.8 Å². The summed E-state index contributed by atoms with van der Waals surface area (Å²) >= 11 is 0. The molecule has 1 aliphatic rings. The molecule has 1 rings (SSSR count). The number of ether oxygens (including phenoxy) is 2. The minimum Gasteiger partial charge on any atom is -0.454 e. The van der Waals surface area contributed by atoms with E-state index in [0.29, 0.717) is 13.0 Å². The number of aliphatic hydroxyl groups is 1. The fourth-order valence-electron chi connectivity index (χ4n) is 1.74. The van der Waals surface area contributed by atoms with Gasteiger partial charge in [0.2, 0.25) is 0 Å². The molecule has 98 valence electrons. The van der Waals surface area contributed by atoms with Crippen molar-refractivity contribution >= 4 is 5.97 Å². The van der Waals surface area contributed by atoms with Crippen LogP contribution in [0.2, 0.25) is 0 Å². The molecule has 0 amide bonds. The zero-order valence-corrected chi connectivity index (χ0v) is 10.4. The molecule has 1 fully saturated rings. The summed E-state index contributed by atoms with van der Waals surface area (Å²) in [7, 11) is 0. The number of allylic oxidation sites excluding steroid dienone is 1. The van der Waals surface area contributed by atoms with Crippen molar-refractivity contribution in [1.82, 2.24) is 0 Å². The van der Waals surface area contributed by atoms with E-state index >= 15 is 0 Å². The van der Waals surface area contributed by atoms with Crippen LogP contribution in [0.25, 0.3) is 0 Å². The van der Waals surface area contributed by atoms with Crippen molar-refractivity contribution in [1.29, 1.82) is 0 Å². The molecular weight excluding hydrogens is 220 g/mol. The van der Waals surface area contributed by atoms with Crippen LogP contribution >= 0.6 is 0 Å². The van der Waals surface area contributed by atoms with Gasteiger partial charge in [0.05, 0.1) is 6.61 Å². The molecule has 1 aliphatic heterocycles. The van der Waals surface area contributed by atoms with E-state index in [1.807, 2.05) is 6.08 Å². The molecule has 4 heteroatoms. The first kappa shape index (κ1) is 14.2. The minimum atomic E-state index is -0.971. The van der Waals surface area contributed by atoms with E-state index in [1.165, 1.54) is 18.9 Å². The highest BCUT2D eigenvalue weighted by atomic mass is 16.6. The average molecular weight is 242 g/mol. The maximum Gasteiger partial charge on any atom is 0.330 e. The lowest BCUT2D eigenvalue weighted by molar-refractivity contribution is -0.203. The third-order valence-electron chi connectivity index (χ3n) is 2.74. The zero-order valence-electron chi connectivity index (χ0n) is 10.4. The van der Waals surface area contributed by atoms with E-state index in [-0.39, 0.29) is 0 Å². The van der Waals surface area contributed by atoms with Crippen LogP contribution in [0.4, 0.5) is 0 Å². The van der Waals surface area contributed by atoms with Crippen LogP contribution in [0.5, 0.6) is 0 Å². The van der Waals surface area contributed by atoms with Crippen molar-refractivity contribution in [2.75, 3.05) is 6.61 Å². The Bertz CT molecular complexity index is 250. The molecule has 0 radical (unpaired) electrons. The number of esters is 1. The molecule has 0 bridgehead atoms. The zero-order chi connectivity index (χ0) is 12.5. The number of hydrogen-bond acceptors (Lipinski definition) is 4. The summed E-state index contributed by atoms with van der Waals surface area (Å²) in [6, 6.07) is 0. The van der Waals surface area contributed by atoms with Gasteiger partial charge in [-0.15, -0.1) is 0 Å². The molecule has 0 aromatic rings. The molecule has 0 aliphatic carbocycles. The van der Waals surface area contributed by atoms with Gasteiger partial charge in [0, 0.05) is 6.08 Å². The first-order valence-corrected chi connectivity index (χ1v) is 6.41. The normalized spacial score (nSPS) is 25.1. The lowest BCUT2D eigenvalue weighted by atomic mass is 10.1. The SMILES string of the molecule is CCCCC/C=C/C(=O)O[C@H]1CCCOC1O. The molecule has 0 saturated carbocycles. The number of carbonyl (C=O) groups excluding carboxylic acids is 1. The van der Waals surface area contributed by atoms with E-state index in [1.54, 1.807) is 0 Å². The molecule has 2 atom stereocenters. The average Bonchev–Trinajstić information content (AvgIpc) is 2.32. The lowest BCUT2D eigenvalue weighted by Crippen LogP contribution is -2.37. The first-order chi connectivity index (χ1) is 8.24. The fraction of sp³-hybridized carbons (Fsp3) is 0.769. The van der Waals surface area contributed by atoms with E-state index in [9.17, 15) is 9.90 Å². The number of hydrogen-bond donors (Lipinski definition) is 1. The van der Waals surface area contributed by atoms with Gasteiger partial charge in [-0.25, -0.2) is 4.79 Å². The van der Waals surface area contributed by atoms with Crippen LogP contribution in [0.1, 0.15) is 45.4 Å². The molecule has 0 aromatic carbocycles. The van der Waals surface area contributed by atoms with Crippen molar-refractivity contribution in [3.05, 3.63) is 12.2 Å². The fourth-order valence-corrected chi connectivity index (χ4v) is 1.74. The first-order valence-electron chi connectivity index (χ1n) is 6.41. The maximum absolute atomic E-state index is 11.4. The highest BCUT2D eigenvalue weighted by Crippen LogP contribution is 2.15. The van der Waals surface area contributed by atoms with Gasteiger partial charge >= 0.3 is 5.97 Å². The van der Waals surface area contributed by atoms with Crippen LogP contribution in [0.3, 0.4) is 0 Å². The second kappa shape index (κ2) is 8.25. The maximum atomic E-state index is 11.4. The molecule has 0 aromatic heterocycles. The molecule has 17 heavy (non-hydrogen) atoms. The number of rotatable bonds is 6. The number of unbranched alkanes of at least 4 members (excludes halogenated alkanes) is 3. The van der Waals surface area contributed by atoms with Crippen molar-refractivity contribution in [2.24, 2.45) is 0 Å². The van der Waals surface area contributed by atoms with E-state index in [2.05, 4.69) is 6.92 Å². The largest absolute Gasteiger partial charge is 0.454 e. The van der Waals surface area contributed by atoms with Gasteiger partial charge < -0.3 is 14.6 Å². The summed E-state index contributed by atoms with van der Waals surface area (Å²) in [6.45, 7) is 2.67. The van der Waals surface area contributed by atoms with Crippen molar-refractivity contribution < 1.29 is 19.4 Å². The molecule has 0 spiro atoms. The Kier molecular flexibility index (Phi) is 6.89. The third-order valence-corrected chi connectivity index (χ3v) is 2.74. The van der Waals surface area contributed by atoms with Gasteiger partial charge in [-0.1, -0.05) is 25.8 Å². The summed E-state index contributed by atoms with van der Waals surface area (Å²) in [5.41, 5.74) is 0. The smallest absolute Gasteiger partial charge is 0.330 e. The van der Waals surface area contributed by atoms with E-state index in [0.717, 1.165) is 19.3 Å². The highest BCUT2D eigenvalue weighted by Gasteiger charge is 2.26. The lowest BCUT2D eigenvalue weighted by Gasteiger charge is -2.26. The van der Waals surface area contributed by atoms with Crippen LogP contribution in [-0.2, 0) is 14.3 Å². The van der Waals surface area contributed by atoms with E-state index < -0.39 is 18.4 Å². The quantitative estimate of drug-likeness (QED) is 0.440. The summed E-state index contributed by atoms with van der Waals surface area (Å²) in [4.78, 5) is 11.4. The monoisotopic (exact) mass is 242 g/mol. The third kappa shape index (κ3) is 5.84. The molecule has 1 N–H and O–H groups in total. The molecular formula is C13H22O4. The summed E-state index contributed by atoms with van der Waals surface area (Å²) < 4.78 is 10.1. The Balaban J connectivity index is 2.19. The molecule has 1 heterocycles. The predicted molar refractivity (Wildman–Crippen MR) is 64.4 cm³/mol. The number of carbonyl (C=O) groups is 1. The Morgan fingerprint density at radius 3 is 3.06 bits per heavy atom. The molecule has 1 unspecified atom stereocenters. The Labute approximate surface area is 103 Å². The summed E-state index contributed by atoms with van der Waals surface area (Å²) in [5, 5.41) is 9.44. The van der Waals surface area contributed by atoms with Crippen molar-refractivity contribution in [2.45, 2.75) is 57.8 Å². The molecule has 1 saturated heterocycles. The van der Waals surface area contributed by atoms with Crippen LogP contribution < -0.4 is 0 Å². The Morgan fingerprint density at radius 2 is 2.35 bits per heavy atom. The summed E-state index contributed by atoms with van der Waals surface area (Å²) in [5.74, 6) is -0.393. The standard InChI is InChI=1S/C13H22O4/c1-2-3-4-5-6-9-12(14)17-11-8-7-10-16-13(11)15/h6,9,11,13,15H,2-5,7-8,10H2,1H3/b9-6+/t11-,13?/m0/s1. The van der Waals surface area contributed by atoms with Gasteiger partial charge in [-0.05, 0) is 25.7 Å². The Hall–Kier alpha value is -0.870. The van der Waals surface area contributed by atoms with Gasteiger partial charge in [-0.3, -0.25) is 0 Å². The van der Waals surface area contributed by atoms with Gasteiger partial charge in [0.25, 0.3) is 0 Å². The van der Waals surface area contributed by atoms with Crippen molar-refractivity contribution in [3.63, 3.8) is 0 Å². The van der Waals surface area contributed by atoms with E-state index in [4.69, 9.17) is 9.47 Å². The second-order valence-electron chi connectivity index (χ2n) is 4.28. The highest BCUT2D eigenvalue weighted by molar-refractivity contribution is 5.82. The van der Waals surface area contributed by atoms with Crippen molar-refractivity contribution in [3.8, 4) is 0 Å². The summed E-state index contributed by atoms with van der Waals surface area (Å²) in [6.07, 6.45) is 7.59. The van der Waals surface area contributed by atoms with Crippen LogP contribution in [0.15, 0.2) is 12.2 Å². The second-order valence-corrected chi connectivity index (χ2v) is 4.28. The number of aliphatic hydroxyl groups excluding tert-OH is 1. The predicted octanol–water partition coefficient (Wildman–Crippen LogP) is 2.16. The van der Waals surface area contributed by atoms with Crippen LogP contribution in [0, 0.1) is 0 Å². The van der Waals surface area contributed by atoms with Gasteiger partial charge in [0.1, 0.15) is 0 Å².